The van der Waals surface area contributed by atoms with Crippen molar-refractivity contribution in [3.05, 3.63) is 0 Å². The maximum absolute atomic E-state index is 12.6. The van der Waals surface area contributed by atoms with E-state index in [0.29, 0.717) is 37.7 Å². The Bertz CT molecular complexity index is 913. The Hall–Kier alpha value is -1.63. The van der Waals surface area contributed by atoms with Crippen LogP contribution in [0.1, 0.15) is 207 Å². The van der Waals surface area contributed by atoms with Gasteiger partial charge in [0.1, 0.15) is 12.2 Å². The van der Waals surface area contributed by atoms with Crippen molar-refractivity contribution >= 4 is 17.9 Å². The lowest BCUT2D eigenvalue weighted by molar-refractivity contribution is -0.152. The summed E-state index contributed by atoms with van der Waals surface area (Å²) in [6, 6.07) is 0. The number of ether oxygens (including phenoxy) is 3. The molecule has 0 bridgehead atoms. The molecule has 0 aromatic carbocycles. The summed E-state index contributed by atoms with van der Waals surface area (Å²) in [5, 5.41) is 0. The first-order valence-corrected chi connectivity index (χ1v) is 22.4. The second kappa shape index (κ2) is 29.7. The molecule has 2 aliphatic rings. The fraction of sp³-hybridized carbons (Fsp3) is 0.933. The molecule has 3 unspecified atom stereocenters. The van der Waals surface area contributed by atoms with Crippen molar-refractivity contribution in [3.8, 4) is 0 Å². The maximum Gasteiger partial charge on any atom is 0.306 e. The topological polar surface area (TPSA) is 82.1 Å². The van der Waals surface area contributed by atoms with Crippen LogP contribution in [-0.2, 0) is 28.6 Å². The van der Waals surface area contributed by atoms with Crippen LogP contribution < -0.4 is 0 Å². The van der Waals surface area contributed by atoms with Gasteiger partial charge in [0.05, 0.1) is 6.61 Å². The molecule has 2 fully saturated rings. The van der Waals surface area contributed by atoms with Crippen molar-refractivity contribution in [2.75, 3.05) is 27.2 Å². The van der Waals surface area contributed by atoms with Crippen molar-refractivity contribution < 1.29 is 28.6 Å². The second-order valence-corrected chi connectivity index (χ2v) is 16.9. The second-order valence-electron chi connectivity index (χ2n) is 16.9. The van der Waals surface area contributed by atoms with E-state index in [9.17, 15) is 14.4 Å². The Morgan fingerprint density at radius 3 is 1.65 bits per heavy atom. The van der Waals surface area contributed by atoms with E-state index in [2.05, 4.69) is 25.7 Å². The number of carbonyl (C=O) groups is 3. The van der Waals surface area contributed by atoms with Crippen LogP contribution in [0.3, 0.4) is 0 Å². The highest BCUT2D eigenvalue weighted by Crippen LogP contribution is 2.51. The van der Waals surface area contributed by atoms with Gasteiger partial charge in [-0.25, -0.2) is 0 Å². The molecule has 2 saturated carbocycles. The summed E-state index contributed by atoms with van der Waals surface area (Å²) in [5.41, 5.74) is 0. The van der Waals surface area contributed by atoms with Crippen LogP contribution in [0.5, 0.6) is 0 Å². The molecule has 52 heavy (non-hydrogen) atoms. The van der Waals surface area contributed by atoms with Crippen LogP contribution in [0.4, 0.5) is 0 Å². The fourth-order valence-corrected chi connectivity index (χ4v) is 8.67. The van der Waals surface area contributed by atoms with Gasteiger partial charge in [0.15, 0.2) is 0 Å². The van der Waals surface area contributed by atoms with Gasteiger partial charge in [-0.05, 0) is 128 Å². The predicted molar refractivity (Wildman–Crippen MR) is 214 cm³/mol. The fourth-order valence-electron chi connectivity index (χ4n) is 8.67. The van der Waals surface area contributed by atoms with E-state index in [4.69, 9.17) is 14.2 Å². The smallest absolute Gasteiger partial charge is 0.306 e. The molecule has 0 aliphatic heterocycles. The normalized spacial score (nSPS) is 19.3. The molecule has 0 aromatic heterocycles. The van der Waals surface area contributed by atoms with Gasteiger partial charge in [0.25, 0.3) is 0 Å². The van der Waals surface area contributed by atoms with Gasteiger partial charge < -0.3 is 19.1 Å². The van der Waals surface area contributed by atoms with Gasteiger partial charge in [-0.2, -0.15) is 0 Å². The van der Waals surface area contributed by atoms with Crippen LogP contribution in [0.15, 0.2) is 0 Å². The van der Waals surface area contributed by atoms with Crippen molar-refractivity contribution in [2.24, 2.45) is 23.7 Å². The van der Waals surface area contributed by atoms with E-state index < -0.39 is 0 Å². The molecular formula is C45H83NO6. The number of hydrogen-bond donors (Lipinski definition) is 0. The third-order valence-corrected chi connectivity index (χ3v) is 12.1. The molecule has 0 spiro atoms. The predicted octanol–water partition coefficient (Wildman–Crippen LogP) is 11.8. The first kappa shape index (κ1) is 46.5. The Labute approximate surface area is 320 Å². The van der Waals surface area contributed by atoms with E-state index in [1.807, 2.05) is 14.1 Å². The summed E-state index contributed by atoms with van der Waals surface area (Å²) in [6.07, 6.45) is 31.0. The van der Waals surface area contributed by atoms with Crippen molar-refractivity contribution in [3.63, 3.8) is 0 Å². The highest BCUT2D eigenvalue weighted by molar-refractivity contribution is 5.70. The van der Waals surface area contributed by atoms with Gasteiger partial charge in [-0.1, -0.05) is 104 Å². The van der Waals surface area contributed by atoms with Crippen molar-refractivity contribution in [2.45, 2.75) is 219 Å². The average molecular weight is 734 g/mol. The van der Waals surface area contributed by atoms with Crippen molar-refractivity contribution in [1.82, 2.24) is 4.90 Å². The van der Waals surface area contributed by atoms with Gasteiger partial charge in [-0.3, -0.25) is 14.4 Å². The monoisotopic (exact) mass is 734 g/mol. The molecule has 0 saturated heterocycles. The van der Waals surface area contributed by atoms with E-state index in [1.165, 1.54) is 77.0 Å². The van der Waals surface area contributed by atoms with Crippen LogP contribution in [0.2, 0.25) is 0 Å². The summed E-state index contributed by atoms with van der Waals surface area (Å²) < 4.78 is 17.4. The molecule has 0 radical (unpaired) electrons. The molecule has 5 atom stereocenters. The summed E-state index contributed by atoms with van der Waals surface area (Å²) in [5.74, 6) is 2.85. The minimum atomic E-state index is -0.0724. The zero-order chi connectivity index (χ0) is 37.8. The van der Waals surface area contributed by atoms with Crippen LogP contribution in [-0.4, -0.2) is 62.3 Å². The summed E-state index contributed by atoms with van der Waals surface area (Å²) in [6.45, 7) is 8.08. The minimum absolute atomic E-state index is 0.0167. The van der Waals surface area contributed by atoms with E-state index in [0.717, 1.165) is 108 Å². The number of esters is 3. The summed E-state index contributed by atoms with van der Waals surface area (Å²) in [7, 11) is 4.06. The van der Waals surface area contributed by atoms with E-state index >= 15 is 0 Å². The molecule has 0 heterocycles. The SMILES string of the molecule is CCCCCC(CCCCC)CCOC(=O)CCCCCCCC(CCCCCCCC(=O)OC(C)C1CC[C@@H]2CC[C@H]12)OC(=O)CCCN(C)C. The molecular weight excluding hydrogens is 650 g/mol. The Morgan fingerprint density at radius 1 is 0.577 bits per heavy atom. The van der Waals surface area contributed by atoms with E-state index in [1.54, 1.807) is 0 Å². The summed E-state index contributed by atoms with van der Waals surface area (Å²) >= 11 is 0. The molecule has 304 valence electrons. The first-order chi connectivity index (χ1) is 25.2. The van der Waals surface area contributed by atoms with E-state index in [-0.39, 0.29) is 30.1 Å². The van der Waals surface area contributed by atoms with Crippen molar-refractivity contribution in [1.29, 1.82) is 0 Å². The standard InChI is InChI=1S/C45H83NO6/c1-6-8-16-23-38(24-17-9-7-2)34-36-50-43(47)27-20-14-10-12-18-25-40(52-45(49)29-22-35-46(4)5)26-19-13-11-15-21-28-44(48)51-37(3)41-32-30-39-31-33-42(39)41/h37-42H,6-36H2,1-5H3/t37?,39-,40?,41?,42+/m1/s1. The van der Waals surface area contributed by atoms with Gasteiger partial charge >= 0.3 is 17.9 Å². The number of carbonyl (C=O) groups excluding carboxylic acids is 3. The molecule has 2 aliphatic carbocycles. The van der Waals surface area contributed by atoms with Crippen LogP contribution in [0, 0.1) is 23.7 Å². The molecule has 0 aromatic rings. The highest BCUT2D eigenvalue weighted by atomic mass is 16.5. The third kappa shape index (κ3) is 21.9. The minimum Gasteiger partial charge on any atom is -0.466 e. The first-order valence-electron chi connectivity index (χ1n) is 22.4. The van der Waals surface area contributed by atoms with Crippen LogP contribution >= 0.6 is 0 Å². The van der Waals surface area contributed by atoms with Gasteiger partial charge in [0, 0.05) is 19.3 Å². The van der Waals surface area contributed by atoms with Gasteiger partial charge in [-0.15, -0.1) is 0 Å². The van der Waals surface area contributed by atoms with Gasteiger partial charge in [0.2, 0.25) is 0 Å². The summed E-state index contributed by atoms with van der Waals surface area (Å²) in [4.78, 5) is 39.5. The quantitative estimate of drug-likeness (QED) is 0.0370. The Morgan fingerprint density at radius 2 is 1.10 bits per heavy atom. The van der Waals surface area contributed by atoms with Crippen LogP contribution in [0.25, 0.3) is 0 Å². The largest absolute Gasteiger partial charge is 0.466 e. The number of hydrogen-bond acceptors (Lipinski definition) is 7. The Balaban J connectivity index is 1.56. The number of rotatable bonds is 34. The zero-order valence-electron chi connectivity index (χ0n) is 34.8. The molecule has 0 N–H and O–H groups in total. The molecule has 7 heteroatoms. The Kier molecular flexibility index (Phi) is 26.6. The molecule has 7 nitrogen and oxygen atoms in total. The lowest BCUT2D eigenvalue weighted by Gasteiger charge is -2.36. The maximum atomic E-state index is 12.6. The average Bonchev–Trinajstić information content (AvgIpc) is 3.39. The molecule has 2 rings (SSSR count). The zero-order valence-corrected chi connectivity index (χ0v) is 34.8. The molecule has 0 amide bonds. The number of fused-ring (bicyclic) bond motifs is 1. The highest BCUT2D eigenvalue weighted by Gasteiger charge is 2.45. The number of unbranched alkanes of at least 4 members (excludes halogenated alkanes) is 12. The lowest BCUT2D eigenvalue weighted by Crippen LogP contribution is -2.33. The third-order valence-electron chi connectivity index (χ3n) is 12.1. The lowest BCUT2D eigenvalue weighted by atomic mass is 9.71. The number of nitrogens with zero attached hydrogens (tertiary/aromatic N) is 1.